The number of aliphatic carboxylic acids is 1. The van der Waals surface area contributed by atoms with E-state index in [9.17, 15) is 19.5 Å². The van der Waals surface area contributed by atoms with E-state index in [1.165, 1.54) is 4.90 Å². The van der Waals surface area contributed by atoms with Crippen LogP contribution in [0.4, 0.5) is 5.69 Å². The van der Waals surface area contributed by atoms with Crippen LogP contribution in [0, 0.1) is 12.8 Å². The number of benzene rings is 2. The molecule has 2 N–H and O–H groups in total. The molecule has 2 aromatic carbocycles. The van der Waals surface area contributed by atoms with E-state index in [1.807, 2.05) is 45.0 Å². The lowest BCUT2D eigenvalue weighted by atomic mass is 9.93. The number of carbonyl (C=O) groups is 3. The molecule has 0 saturated carbocycles. The monoisotopic (exact) mass is 394 g/mol. The number of rotatable bonds is 5. The molecule has 0 bridgehead atoms. The molecule has 0 aliphatic carbocycles. The number of amides is 2. The van der Waals surface area contributed by atoms with Crippen molar-refractivity contribution in [3.63, 3.8) is 0 Å². The van der Waals surface area contributed by atoms with Gasteiger partial charge in [0.25, 0.3) is 5.91 Å². The van der Waals surface area contributed by atoms with Gasteiger partial charge < -0.3 is 15.3 Å². The summed E-state index contributed by atoms with van der Waals surface area (Å²) < 4.78 is 0. The first-order chi connectivity index (χ1) is 13.8. The fourth-order valence-electron chi connectivity index (χ4n) is 3.63. The van der Waals surface area contributed by atoms with Gasteiger partial charge in [-0.05, 0) is 47.7 Å². The third-order valence-corrected chi connectivity index (χ3v) is 5.14. The number of nitrogens with one attached hydrogen (secondary N) is 1. The summed E-state index contributed by atoms with van der Waals surface area (Å²) in [7, 11) is 0. The Hall–Kier alpha value is -3.15. The van der Waals surface area contributed by atoms with Crippen LogP contribution in [0.3, 0.4) is 0 Å². The third-order valence-electron chi connectivity index (χ3n) is 5.14. The highest BCUT2D eigenvalue weighted by Gasteiger charge is 2.35. The molecule has 6 heteroatoms. The number of aryl methyl sites for hydroxylation is 1. The van der Waals surface area contributed by atoms with E-state index >= 15 is 0 Å². The average molecular weight is 394 g/mol. The summed E-state index contributed by atoms with van der Waals surface area (Å²) >= 11 is 0. The standard InChI is InChI=1S/C23H26N2O4/c1-14(2)10-21(26)24-19-9-8-17(11-15(19)3)22(27)25-13-18-7-5-4-6-16(18)12-20(25)23(28)29/h4-9,11,14,20H,10,12-13H2,1-3H3,(H,24,26)(H,28,29). The van der Waals surface area contributed by atoms with Crippen LogP contribution < -0.4 is 5.32 Å². The fourth-order valence-corrected chi connectivity index (χ4v) is 3.63. The number of carboxylic acids is 1. The lowest BCUT2D eigenvalue weighted by Crippen LogP contribution is -2.48. The topological polar surface area (TPSA) is 86.7 Å². The predicted molar refractivity (Wildman–Crippen MR) is 111 cm³/mol. The third kappa shape index (κ3) is 4.65. The Bertz CT molecular complexity index is 952. The molecule has 0 fully saturated rings. The minimum atomic E-state index is -1.01. The molecule has 1 atom stereocenters. The Kier molecular flexibility index (Phi) is 6.01. The van der Waals surface area contributed by atoms with Gasteiger partial charge in [0.1, 0.15) is 6.04 Å². The highest BCUT2D eigenvalue weighted by Crippen LogP contribution is 2.26. The zero-order valence-corrected chi connectivity index (χ0v) is 16.9. The Balaban J connectivity index is 1.83. The Morgan fingerprint density at radius 1 is 1.14 bits per heavy atom. The predicted octanol–water partition coefficient (Wildman–Crippen LogP) is 3.63. The first-order valence-electron chi connectivity index (χ1n) is 9.77. The molecule has 0 saturated heterocycles. The number of nitrogens with zero attached hydrogens (tertiary/aromatic N) is 1. The lowest BCUT2D eigenvalue weighted by Gasteiger charge is -2.34. The summed E-state index contributed by atoms with van der Waals surface area (Å²) in [5.74, 6) is -1.15. The van der Waals surface area contributed by atoms with E-state index in [1.54, 1.807) is 18.2 Å². The van der Waals surface area contributed by atoms with Gasteiger partial charge in [-0.15, -0.1) is 0 Å². The van der Waals surface area contributed by atoms with Crippen LogP contribution in [-0.2, 0) is 22.6 Å². The number of hydrogen-bond donors (Lipinski definition) is 2. The van der Waals surface area contributed by atoms with Crippen molar-refractivity contribution >= 4 is 23.5 Å². The van der Waals surface area contributed by atoms with Crippen molar-refractivity contribution in [1.29, 1.82) is 0 Å². The number of fused-ring (bicyclic) bond motifs is 1. The van der Waals surface area contributed by atoms with E-state index in [4.69, 9.17) is 0 Å². The van der Waals surface area contributed by atoms with Crippen LogP contribution in [0.2, 0.25) is 0 Å². The maximum absolute atomic E-state index is 13.1. The molecule has 6 nitrogen and oxygen atoms in total. The molecule has 1 heterocycles. The van der Waals surface area contributed by atoms with Crippen LogP contribution in [0.5, 0.6) is 0 Å². The van der Waals surface area contributed by atoms with Gasteiger partial charge in [-0.1, -0.05) is 38.1 Å². The molecule has 3 rings (SSSR count). The second-order valence-corrected chi connectivity index (χ2v) is 7.94. The van der Waals surface area contributed by atoms with Gasteiger partial charge in [-0.3, -0.25) is 9.59 Å². The van der Waals surface area contributed by atoms with E-state index in [0.29, 0.717) is 24.1 Å². The van der Waals surface area contributed by atoms with Gasteiger partial charge in [0.05, 0.1) is 0 Å². The largest absolute Gasteiger partial charge is 0.480 e. The van der Waals surface area contributed by atoms with Gasteiger partial charge in [-0.2, -0.15) is 0 Å². The summed E-state index contributed by atoms with van der Waals surface area (Å²) in [6, 6.07) is 11.7. The zero-order chi connectivity index (χ0) is 21.1. The maximum Gasteiger partial charge on any atom is 0.326 e. The van der Waals surface area contributed by atoms with Crippen LogP contribution in [0.25, 0.3) is 0 Å². The number of anilines is 1. The van der Waals surface area contributed by atoms with Crippen molar-refractivity contribution in [3.8, 4) is 0 Å². The molecule has 2 aromatic rings. The van der Waals surface area contributed by atoms with Crippen molar-refractivity contribution in [2.45, 2.75) is 46.2 Å². The van der Waals surface area contributed by atoms with Gasteiger partial charge in [0, 0.05) is 30.6 Å². The fraction of sp³-hybridized carbons (Fsp3) is 0.348. The summed E-state index contributed by atoms with van der Waals surface area (Å²) in [5, 5.41) is 12.5. The van der Waals surface area contributed by atoms with Gasteiger partial charge >= 0.3 is 5.97 Å². The molecule has 0 radical (unpaired) electrons. The van der Waals surface area contributed by atoms with Crippen molar-refractivity contribution in [3.05, 3.63) is 64.7 Å². The minimum Gasteiger partial charge on any atom is -0.480 e. The molecule has 1 unspecified atom stereocenters. The second kappa shape index (κ2) is 8.47. The first kappa shape index (κ1) is 20.6. The lowest BCUT2D eigenvalue weighted by molar-refractivity contribution is -0.142. The number of carbonyl (C=O) groups excluding carboxylic acids is 2. The Labute approximate surface area is 170 Å². The van der Waals surface area contributed by atoms with E-state index in [2.05, 4.69) is 5.32 Å². The van der Waals surface area contributed by atoms with Crippen LogP contribution in [0.15, 0.2) is 42.5 Å². The van der Waals surface area contributed by atoms with Crippen LogP contribution in [-0.4, -0.2) is 33.8 Å². The molecule has 1 aliphatic heterocycles. The van der Waals surface area contributed by atoms with Gasteiger partial charge in [0.15, 0.2) is 0 Å². The highest BCUT2D eigenvalue weighted by molar-refractivity contribution is 5.98. The Morgan fingerprint density at radius 2 is 1.83 bits per heavy atom. The van der Waals surface area contributed by atoms with E-state index in [0.717, 1.165) is 16.7 Å². The van der Waals surface area contributed by atoms with E-state index < -0.39 is 12.0 Å². The van der Waals surface area contributed by atoms with E-state index in [-0.39, 0.29) is 24.3 Å². The molecule has 29 heavy (non-hydrogen) atoms. The highest BCUT2D eigenvalue weighted by atomic mass is 16.4. The van der Waals surface area contributed by atoms with Crippen molar-refractivity contribution in [1.82, 2.24) is 4.90 Å². The van der Waals surface area contributed by atoms with Crippen molar-refractivity contribution < 1.29 is 19.5 Å². The molecule has 0 spiro atoms. The minimum absolute atomic E-state index is 0.0687. The quantitative estimate of drug-likeness (QED) is 0.811. The molecular formula is C23H26N2O4. The summed E-state index contributed by atoms with van der Waals surface area (Å²) in [6.07, 6.45) is 0.715. The zero-order valence-electron chi connectivity index (χ0n) is 16.9. The van der Waals surface area contributed by atoms with Crippen molar-refractivity contribution in [2.24, 2.45) is 5.92 Å². The molecule has 0 aromatic heterocycles. The maximum atomic E-state index is 13.1. The molecule has 152 valence electrons. The van der Waals surface area contributed by atoms with Gasteiger partial charge in [0.2, 0.25) is 5.91 Å². The second-order valence-electron chi connectivity index (χ2n) is 7.94. The first-order valence-corrected chi connectivity index (χ1v) is 9.77. The summed E-state index contributed by atoms with van der Waals surface area (Å²) in [4.78, 5) is 38.4. The Morgan fingerprint density at radius 3 is 2.45 bits per heavy atom. The molecule has 1 aliphatic rings. The molecule has 2 amide bonds. The van der Waals surface area contributed by atoms with Gasteiger partial charge in [-0.25, -0.2) is 4.79 Å². The normalized spacial score (nSPS) is 15.7. The number of carboxylic acid groups (broad SMARTS) is 1. The number of hydrogen-bond acceptors (Lipinski definition) is 3. The summed E-state index contributed by atoms with van der Waals surface area (Å²) in [6.45, 7) is 6.04. The smallest absolute Gasteiger partial charge is 0.326 e. The SMILES string of the molecule is Cc1cc(C(=O)N2Cc3ccccc3CC2C(=O)O)ccc1NC(=O)CC(C)C. The molecular weight excluding hydrogens is 368 g/mol. The van der Waals surface area contributed by atoms with Crippen LogP contribution in [0.1, 0.15) is 47.3 Å². The van der Waals surface area contributed by atoms with Crippen molar-refractivity contribution in [2.75, 3.05) is 5.32 Å². The summed E-state index contributed by atoms with van der Waals surface area (Å²) in [5.41, 5.74) is 3.76. The average Bonchev–Trinajstić information content (AvgIpc) is 2.67. The van der Waals surface area contributed by atoms with Crippen LogP contribution >= 0.6 is 0 Å².